The van der Waals surface area contributed by atoms with Gasteiger partial charge in [-0.2, -0.15) is 0 Å². The maximum Gasteiger partial charge on any atom is 0.362 e. The van der Waals surface area contributed by atoms with E-state index in [9.17, 15) is 9.59 Å². The molecule has 0 amide bonds. The molecule has 0 aromatic heterocycles. The number of fused-ring (bicyclic) bond motifs is 1. The largest absolute Gasteiger partial charge is 0.458 e. The van der Waals surface area contributed by atoms with E-state index in [1.807, 2.05) is 6.92 Å². The molecule has 0 aromatic carbocycles. The van der Waals surface area contributed by atoms with Crippen LogP contribution in [0, 0.1) is 5.92 Å². The summed E-state index contributed by atoms with van der Waals surface area (Å²) in [7, 11) is 0. The van der Waals surface area contributed by atoms with Crippen molar-refractivity contribution in [2.75, 3.05) is 0 Å². The molecule has 0 aromatic rings. The Morgan fingerprint density at radius 2 is 1.86 bits per heavy atom. The Bertz CT molecular complexity index is 464. The van der Waals surface area contributed by atoms with Gasteiger partial charge in [-0.3, -0.25) is 0 Å². The molecule has 0 bridgehead atoms. The molecule has 118 valence electrons. The highest BCUT2D eigenvalue weighted by Gasteiger charge is 2.75. The van der Waals surface area contributed by atoms with Crippen LogP contribution in [0.5, 0.6) is 0 Å². The molecule has 2 aliphatic heterocycles. The van der Waals surface area contributed by atoms with Gasteiger partial charge in [0.2, 0.25) is 4.33 Å². The highest BCUT2D eigenvalue weighted by molar-refractivity contribution is 8.01. The third-order valence-electron chi connectivity index (χ3n) is 4.53. The molecule has 21 heavy (non-hydrogen) atoms. The van der Waals surface area contributed by atoms with Gasteiger partial charge in [-0.15, -0.1) is 0 Å². The Kier molecular flexibility index (Phi) is 4.13. The quantitative estimate of drug-likeness (QED) is 0.575. The van der Waals surface area contributed by atoms with Crippen LogP contribution in [-0.2, 0) is 19.1 Å². The zero-order valence-corrected chi connectivity index (χ0v) is 14.1. The number of rotatable bonds is 3. The van der Waals surface area contributed by atoms with Crippen molar-refractivity contribution in [3.63, 3.8) is 0 Å². The van der Waals surface area contributed by atoms with E-state index in [4.69, 9.17) is 32.7 Å². The van der Waals surface area contributed by atoms with Crippen LogP contribution in [0.2, 0.25) is 0 Å². The zero-order valence-electron chi connectivity index (χ0n) is 11.8. The van der Waals surface area contributed by atoms with E-state index in [0.29, 0.717) is 6.42 Å². The molecule has 3 rings (SSSR count). The van der Waals surface area contributed by atoms with E-state index in [1.54, 1.807) is 0 Å². The fraction of sp³-hybridized carbons (Fsp3) is 0.857. The lowest BCUT2D eigenvalue weighted by molar-refractivity contribution is -0.160. The second kappa shape index (κ2) is 5.50. The third-order valence-corrected chi connectivity index (χ3v) is 6.97. The minimum absolute atomic E-state index is 0.277. The number of alkyl halides is 2. The lowest BCUT2D eigenvalue weighted by Gasteiger charge is -2.30. The number of carbonyl (C=O) groups excluding carboxylic acids is 2. The Hall–Kier alpha value is -0.130. The predicted octanol–water partition coefficient (Wildman–Crippen LogP) is 3.43. The fourth-order valence-corrected chi connectivity index (χ4v) is 6.07. The standard InChI is InChI=1S/C14H18Cl2O4S/c1-2-9-10-13(15,16)11(17)20-14(10,12(18)19-9)21-8-6-4-3-5-7-8/h8-10H,2-7H2,1H3/t9-,10-,14-/m0/s1. The Labute approximate surface area is 138 Å². The summed E-state index contributed by atoms with van der Waals surface area (Å²) in [4.78, 5) is 23.1. The minimum Gasteiger partial charge on any atom is -0.458 e. The topological polar surface area (TPSA) is 52.6 Å². The van der Waals surface area contributed by atoms with E-state index in [0.717, 1.165) is 25.7 Å². The maximum atomic E-state index is 12.4. The number of carbonyl (C=O) groups is 2. The second-order valence-corrected chi connectivity index (χ2v) is 8.78. The molecule has 1 aliphatic carbocycles. The summed E-state index contributed by atoms with van der Waals surface area (Å²) in [6.07, 6.45) is 5.58. The molecule has 0 unspecified atom stereocenters. The van der Waals surface area contributed by atoms with Crippen molar-refractivity contribution >= 4 is 46.9 Å². The fourth-order valence-electron chi connectivity index (χ4n) is 3.46. The van der Waals surface area contributed by atoms with Crippen molar-refractivity contribution in [1.82, 2.24) is 0 Å². The monoisotopic (exact) mass is 352 g/mol. The molecule has 3 fully saturated rings. The van der Waals surface area contributed by atoms with Crippen molar-refractivity contribution in [1.29, 1.82) is 0 Å². The normalized spacial score (nSPS) is 39.0. The first-order valence-corrected chi connectivity index (χ1v) is 9.05. The smallest absolute Gasteiger partial charge is 0.362 e. The van der Waals surface area contributed by atoms with Gasteiger partial charge in [0.25, 0.3) is 4.93 Å². The van der Waals surface area contributed by atoms with Crippen LogP contribution in [0.25, 0.3) is 0 Å². The van der Waals surface area contributed by atoms with E-state index in [2.05, 4.69) is 0 Å². The molecular weight excluding hydrogens is 335 g/mol. The van der Waals surface area contributed by atoms with Crippen LogP contribution in [0.4, 0.5) is 0 Å². The first-order chi connectivity index (χ1) is 9.91. The molecule has 2 saturated heterocycles. The highest BCUT2D eigenvalue weighted by Crippen LogP contribution is 2.60. The minimum atomic E-state index is -1.71. The van der Waals surface area contributed by atoms with E-state index < -0.39 is 33.2 Å². The number of ether oxygens (including phenoxy) is 2. The van der Waals surface area contributed by atoms with Gasteiger partial charge in [0.1, 0.15) is 12.0 Å². The SMILES string of the molecule is CC[C@@H]1OC(=O)[C@]2(SC3CCCCC3)OC(=O)C(Cl)(Cl)[C@H]12. The van der Waals surface area contributed by atoms with Crippen LogP contribution in [0.15, 0.2) is 0 Å². The van der Waals surface area contributed by atoms with Gasteiger partial charge in [0.05, 0.1) is 0 Å². The van der Waals surface area contributed by atoms with E-state index in [1.165, 1.54) is 18.2 Å². The van der Waals surface area contributed by atoms with E-state index >= 15 is 0 Å². The lowest BCUT2D eigenvalue weighted by Crippen LogP contribution is -2.42. The lowest BCUT2D eigenvalue weighted by atomic mass is 9.94. The second-order valence-electron chi connectivity index (χ2n) is 5.89. The van der Waals surface area contributed by atoms with Crippen LogP contribution < -0.4 is 0 Å². The Balaban J connectivity index is 1.92. The first-order valence-electron chi connectivity index (χ1n) is 7.42. The predicted molar refractivity (Wildman–Crippen MR) is 81.4 cm³/mol. The van der Waals surface area contributed by atoms with Crippen molar-refractivity contribution in [3.05, 3.63) is 0 Å². The Morgan fingerprint density at radius 1 is 1.19 bits per heavy atom. The molecule has 0 spiro atoms. The molecule has 7 heteroatoms. The van der Waals surface area contributed by atoms with Gasteiger partial charge in [-0.1, -0.05) is 61.1 Å². The first kappa shape index (κ1) is 15.8. The zero-order chi connectivity index (χ0) is 15.3. The van der Waals surface area contributed by atoms with Gasteiger partial charge in [0, 0.05) is 5.25 Å². The number of esters is 2. The number of thioether (sulfide) groups is 1. The van der Waals surface area contributed by atoms with Crippen molar-refractivity contribution < 1.29 is 19.1 Å². The molecule has 0 N–H and O–H groups in total. The average Bonchev–Trinajstić information content (AvgIpc) is 2.83. The van der Waals surface area contributed by atoms with Crippen LogP contribution in [0.3, 0.4) is 0 Å². The highest BCUT2D eigenvalue weighted by atomic mass is 35.5. The number of halogens is 2. The molecule has 1 saturated carbocycles. The Morgan fingerprint density at radius 3 is 2.48 bits per heavy atom. The molecule has 0 radical (unpaired) electrons. The van der Waals surface area contributed by atoms with E-state index in [-0.39, 0.29) is 5.25 Å². The van der Waals surface area contributed by atoms with Gasteiger partial charge in [-0.25, -0.2) is 9.59 Å². The van der Waals surface area contributed by atoms with Crippen molar-refractivity contribution in [2.24, 2.45) is 5.92 Å². The van der Waals surface area contributed by atoms with Crippen molar-refractivity contribution in [2.45, 2.75) is 66.1 Å². The average molecular weight is 353 g/mol. The van der Waals surface area contributed by atoms with Crippen molar-refractivity contribution in [3.8, 4) is 0 Å². The molecule has 4 nitrogen and oxygen atoms in total. The summed E-state index contributed by atoms with van der Waals surface area (Å²) >= 11 is 13.8. The van der Waals surface area contributed by atoms with Gasteiger partial charge in [0.15, 0.2) is 0 Å². The van der Waals surface area contributed by atoms with Crippen LogP contribution in [0.1, 0.15) is 45.4 Å². The summed E-state index contributed by atoms with van der Waals surface area (Å²) in [5.74, 6) is -1.88. The summed E-state index contributed by atoms with van der Waals surface area (Å²) in [5, 5.41) is 0.277. The van der Waals surface area contributed by atoms with Gasteiger partial charge in [-0.05, 0) is 19.3 Å². The number of hydrogen-bond donors (Lipinski definition) is 0. The summed E-state index contributed by atoms with van der Waals surface area (Å²) in [6, 6.07) is 0. The van der Waals surface area contributed by atoms with Gasteiger partial charge < -0.3 is 9.47 Å². The number of cyclic esters (lactones) is 1. The molecular formula is C14H18Cl2O4S. The number of hydrogen-bond acceptors (Lipinski definition) is 5. The summed E-state index contributed by atoms with van der Waals surface area (Å²) in [6.45, 7) is 1.88. The summed E-state index contributed by atoms with van der Waals surface area (Å²) < 4.78 is 9.11. The molecule has 3 atom stereocenters. The maximum absolute atomic E-state index is 12.4. The van der Waals surface area contributed by atoms with Crippen LogP contribution in [-0.4, -0.2) is 32.6 Å². The van der Waals surface area contributed by atoms with Gasteiger partial charge >= 0.3 is 11.9 Å². The molecule has 2 heterocycles. The third kappa shape index (κ3) is 2.36. The summed E-state index contributed by atoms with van der Waals surface area (Å²) in [5.41, 5.74) is 0. The van der Waals surface area contributed by atoms with Crippen LogP contribution >= 0.6 is 35.0 Å². The molecule has 3 aliphatic rings.